The quantitative estimate of drug-likeness (QED) is 0.873. The van der Waals surface area contributed by atoms with E-state index in [2.05, 4.69) is 5.32 Å². The van der Waals surface area contributed by atoms with Crippen LogP contribution in [0.25, 0.3) is 0 Å². The van der Waals surface area contributed by atoms with Gasteiger partial charge in [0, 0.05) is 24.3 Å². The summed E-state index contributed by atoms with van der Waals surface area (Å²) in [5.41, 5.74) is 1.63. The molecule has 0 saturated carbocycles. The Morgan fingerprint density at radius 3 is 2.25 bits per heavy atom. The van der Waals surface area contributed by atoms with Crippen LogP contribution in [0.5, 0.6) is 0 Å². The highest BCUT2D eigenvalue weighted by atomic mass is 32.2. The molecule has 0 spiro atoms. The van der Waals surface area contributed by atoms with Gasteiger partial charge in [0.15, 0.2) is 0 Å². The molecule has 0 aromatic heterocycles. The number of hydrogen-bond acceptors (Lipinski definition) is 3. The fourth-order valence-electron chi connectivity index (χ4n) is 2.45. The number of amides is 1. The van der Waals surface area contributed by atoms with Gasteiger partial charge in [-0.3, -0.25) is 4.79 Å². The maximum Gasteiger partial charge on any atom is 0.255 e. The van der Waals surface area contributed by atoms with E-state index < -0.39 is 10.0 Å². The number of nitrogens with one attached hydrogen (secondary N) is 1. The zero-order chi connectivity index (χ0) is 17.7. The Labute approximate surface area is 143 Å². The second-order valence-electron chi connectivity index (χ2n) is 5.39. The summed E-state index contributed by atoms with van der Waals surface area (Å²) in [4.78, 5) is 12.5. The van der Waals surface area contributed by atoms with Gasteiger partial charge in [-0.1, -0.05) is 38.1 Å². The zero-order valence-corrected chi connectivity index (χ0v) is 14.9. The highest BCUT2D eigenvalue weighted by Crippen LogP contribution is 2.24. The minimum Gasteiger partial charge on any atom is -0.322 e. The normalized spacial score (nSPS) is 11.5. The molecule has 1 N–H and O–H groups in total. The van der Waals surface area contributed by atoms with Crippen LogP contribution in [-0.4, -0.2) is 31.7 Å². The van der Waals surface area contributed by atoms with Crippen molar-refractivity contribution in [1.82, 2.24) is 4.31 Å². The lowest BCUT2D eigenvalue weighted by Gasteiger charge is -2.20. The Morgan fingerprint density at radius 1 is 1.04 bits per heavy atom. The molecule has 0 fully saturated rings. The van der Waals surface area contributed by atoms with Crippen molar-refractivity contribution in [3.63, 3.8) is 0 Å². The van der Waals surface area contributed by atoms with Crippen molar-refractivity contribution in [2.24, 2.45) is 0 Å². The average Bonchev–Trinajstić information content (AvgIpc) is 2.58. The van der Waals surface area contributed by atoms with Gasteiger partial charge in [0.05, 0.1) is 4.90 Å². The van der Waals surface area contributed by atoms with Crippen molar-refractivity contribution >= 4 is 21.6 Å². The van der Waals surface area contributed by atoms with E-state index in [1.165, 1.54) is 10.4 Å². The largest absolute Gasteiger partial charge is 0.322 e. The van der Waals surface area contributed by atoms with Crippen molar-refractivity contribution in [3.8, 4) is 0 Å². The number of carbonyl (C=O) groups excluding carboxylic acids is 1. The van der Waals surface area contributed by atoms with Crippen LogP contribution in [0.15, 0.2) is 53.4 Å². The first-order chi connectivity index (χ1) is 11.4. The Balaban J connectivity index is 2.34. The minimum absolute atomic E-state index is 0.220. The second-order valence-corrected chi connectivity index (χ2v) is 7.30. The van der Waals surface area contributed by atoms with Crippen LogP contribution in [0, 0.1) is 6.92 Å². The van der Waals surface area contributed by atoms with Gasteiger partial charge in [-0.25, -0.2) is 8.42 Å². The summed E-state index contributed by atoms with van der Waals surface area (Å²) in [5.74, 6) is -0.273. The molecule has 2 aromatic carbocycles. The van der Waals surface area contributed by atoms with Gasteiger partial charge >= 0.3 is 0 Å². The minimum atomic E-state index is -3.57. The van der Waals surface area contributed by atoms with Gasteiger partial charge in [0.25, 0.3) is 5.91 Å². The topological polar surface area (TPSA) is 66.5 Å². The van der Waals surface area contributed by atoms with Crippen LogP contribution in [0.1, 0.15) is 29.8 Å². The van der Waals surface area contributed by atoms with Gasteiger partial charge in [-0.2, -0.15) is 4.31 Å². The van der Waals surface area contributed by atoms with E-state index in [-0.39, 0.29) is 10.8 Å². The molecule has 0 atom stereocenters. The van der Waals surface area contributed by atoms with Crippen LogP contribution in [0.4, 0.5) is 5.69 Å². The van der Waals surface area contributed by atoms with Crippen molar-refractivity contribution in [2.45, 2.75) is 25.7 Å². The summed E-state index contributed by atoms with van der Waals surface area (Å²) in [6.45, 7) is 6.16. The smallest absolute Gasteiger partial charge is 0.255 e. The fraction of sp³-hybridized carbons (Fsp3) is 0.278. The first-order valence-corrected chi connectivity index (χ1v) is 9.31. The lowest BCUT2D eigenvalue weighted by molar-refractivity contribution is 0.102. The monoisotopic (exact) mass is 346 g/mol. The Hall–Kier alpha value is -2.18. The third-order valence-electron chi connectivity index (χ3n) is 3.81. The number of rotatable bonds is 6. The number of anilines is 1. The van der Waals surface area contributed by atoms with Crippen molar-refractivity contribution in [1.29, 1.82) is 0 Å². The van der Waals surface area contributed by atoms with Crippen molar-refractivity contribution in [2.75, 3.05) is 18.4 Å². The van der Waals surface area contributed by atoms with Crippen LogP contribution in [0.3, 0.4) is 0 Å². The van der Waals surface area contributed by atoms with E-state index in [1.807, 2.05) is 6.07 Å². The molecule has 2 aromatic rings. The SMILES string of the molecule is CCN(CC)S(=O)(=O)c1cc(NC(=O)c2ccccc2)ccc1C. The molecule has 1 amide bonds. The Bertz CT molecular complexity index is 813. The fourth-order valence-corrected chi connectivity index (χ4v) is 4.16. The predicted octanol–water partition coefficient (Wildman–Crippen LogP) is 3.28. The molecule has 5 nitrogen and oxygen atoms in total. The maximum atomic E-state index is 12.7. The van der Waals surface area contributed by atoms with Crippen LogP contribution >= 0.6 is 0 Å². The molecule has 0 unspecified atom stereocenters. The maximum absolute atomic E-state index is 12.7. The van der Waals surface area contributed by atoms with Crippen LogP contribution in [0.2, 0.25) is 0 Å². The zero-order valence-electron chi connectivity index (χ0n) is 14.1. The molecule has 0 heterocycles. The van der Waals surface area contributed by atoms with E-state index >= 15 is 0 Å². The van der Waals surface area contributed by atoms with Crippen LogP contribution < -0.4 is 5.32 Å². The van der Waals surface area contributed by atoms with Crippen molar-refractivity contribution in [3.05, 3.63) is 59.7 Å². The van der Waals surface area contributed by atoms with Crippen molar-refractivity contribution < 1.29 is 13.2 Å². The molecule has 6 heteroatoms. The number of carbonyl (C=O) groups is 1. The summed E-state index contributed by atoms with van der Waals surface area (Å²) in [6.07, 6.45) is 0. The Morgan fingerprint density at radius 2 is 1.67 bits per heavy atom. The standard InChI is InChI=1S/C18H22N2O3S/c1-4-20(5-2)24(22,23)17-13-16(12-11-14(17)3)19-18(21)15-9-7-6-8-10-15/h6-13H,4-5H2,1-3H3,(H,19,21). The molecular weight excluding hydrogens is 324 g/mol. The molecule has 0 aliphatic carbocycles. The number of hydrogen-bond donors (Lipinski definition) is 1. The molecular formula is C18H22N2O3S. The van der Waals surface area contributed by atoms with Gasteiger partial charge in [0.2, 0.25) is 10.0 Å². The predicted molar refractivity (Wildman–Crippen MR) is 95.7 cm³/mol. The van der Waals surface area contributed by atoms with E-state index in [0.29, 0.717) is 29.9 Å². The lowest BCUT2D eigenvalue weighted by Crippen LogP contribution is -2.31. The van der Waals surface area contributed by atoms with Gasteiger partial charge in [0.1, 0.15) is 0 Å². The highest BCUT2D eigenvalue weighted by molar-refractivity contribution is 7.89. The third kappa shape index (κ3) is 3.83. The molecule has 0 aliphatic heterocycles. The summed E-state index contributed by atoms with van der Waals surface area (Å²) in [5, 5.41) is 2.75. The lowest BCUT2D eigenvalue weighted by atomic mass is 10.2. The van der Waals surface area contributed by atoms with E-state index in [9.17, 15) is 13.2 Å². The molecule has 24 heavy (non-hydrogen) atoms. The summed E-state index contributed by atoms with van der Waals surface area (Å²) in [6, 6.07) is 13.7. The summed E-state index contributed by atoms with van der Waals surface area (Å²) < 4.78 is 26.9. The Kier molecular flexibility index (Phi) is 5.75. The third-order valence-corrected chi connectivity index (χ3v) is 6.00. The molecule has 128 valence electrons. The second kappa shape index (κ2) is 7.59. The summed E-state index contributed by atoms with van der Waals surface area (Å²) in [7, 11) is -3.57. The number of nitrogens with zero attached hydrogens (tertiary/aromatic N) is 1. The highest BCUT2D eigenvalue weighted by Gasteiger charge is 2.24. The van der Waals surface area contributed by atoms with E-state index in [1.54, 1.807) is 57.2 Å². The molecule has 0 radical (unpaired) electrons. The number of benzene rings is 2. The first kappa shape index (κ1) is 18.2. The van der Waals surface area contributed by atoms with Crippen LogP contribution in [-0.2, 0) is 10.0 Å². The van der Waals surface area contributed by atoms with E-state index in [4.69, 9.17) is 0 Å². The number of sulfonamides is 1. The number of aryl methyl sites for hydroxylation is 1. The molecule has 0 aliphatic rings. The van der Waals surface area contributed by atoms with E-state index in [0.717, 1.165) is 0 Å². The molecule has 2 rings (SSSR count). The average molecular weight is 346 g/mol. The van der Waals surface area contributed by atoms with Gasteiger partial charge < -0.3 is 5.32 Å². The van der Waals surface area contributed by atoms with Gasteiger partial charge in [-0.05, 0) is 36.8 Å². The molecule has 0 saturated heterocycles. The summed E-state index contributed by atoms with van der Waals surface area (Å²) >= 11 is 0. The molecule has 0 bridgehead atoms. The first-order valence-electron chi connectivity index (χ1n) is 7.87. The van der Waals surface area contributed by atoms with Gasteiger partial charge in [-0.15, -0.1) is 0 Å².